The topological polar surface area (TPSA) is 111 Å². The van der Waals surface area contributed by atoms with Gasteiger partial charge < -0.3 is 10.2 Å². The Bertz CT molecular complexity index is 942. The molecule has 7 heteroatoms. The fourth-order valence-corrected chi connectivity index (χ4v) is 2.20. The van der Waals surface area contributed by atoms with Crippen molar-refractivity contribution in [1.82, 2.24) is 10.3 Å². The SMILES string of the molecule is Cc1cc2cc(N=C(N)NC(=O)c3ccc(C=O)nc3)ccc2o1. The number of aryl methyl sites for hydroxylation is 1. The van der Waals surface area contributed by atoms with Crippen molar-refractivity contribution in [3.63, 3.8) is 0 Å². The Morgan fingerprint density at radius 2 is 2.12 bits per heavy atom. The Morgan fingerprint density at radius 1 is 1.29 bits per heavy atom. The van der Waals surface area contributed by atoms with Gasteiger partial charge in [-0.2, -0.15) is 0 Å². The average molecular weight is 322 g/mol. The number of hydrogen-bond donors (Lipinski definition) is 2. The molecular weight excluding hydrogens is 308 g/mol. The lowest BCUT2D eigenvalue weighted by Gasteiger charge is -2.04. The van der Waals surface area contributed by atoms with Crippen molar-refractivity contribution in [2.75, 3.05) is 0 Å². The van der Waals surface area contributed by atoms with Crippen LogP contribution in [0.3, 0.4) is 0 Å². The predicted molar refractivity (Wildman–Crippen MR) is 89.3 cm³/mol. The van der Waals surface area contributed by atoms with Gasteiger partial charge in [-0.25, -0.2) is 4.99 Å². The first-order valence-corrected chi connectivity index (χ1v) is 7.12. The number of benzene rings is 1. The molecule has 120 valence electrons. The normalized spacial score (nSPS) is 11.5. The molecule has 0 aliphatic heterocycles. The van der Waals surface area contributed by atoms with Crippen LogP contribution >= 0.6 is 0 Å². The molecule has 1 amide bonds. The number of furan rings is 1. The molecule has 3 aromatic rings. The van der Waals surface area contributed by atoms with Crippen LogP contribution in [0.5, 0.6) is 0 Å². The third-order valence-corrected chi connectivity index (χ3v) is 3.28. The van der Waals surface area contributed by atoms with Crippen molar-refractivity contribution in [3.8, 4) is 0 Å². The van der Waals surface area contributed by atoms with Gasteiger partial charge in [-0.15, -0.1) is 0 Å². The number of amides is 1. The molecule has 0 spiro atoms. The maximum Gasteiger partial charge on any atom is 0.259 e. The monoisotopic (exact) mass is 322 g/mol. The first-order valence-electron chi connectivity index (χ1n) is 7.12. The van der Waals surface area contributed by atoms with Gasteiger partial charge in [0.1, 0.15) is 17.0 Å². The van der Waals surface area contributed by atoms with E-state index in [1.165, 1.54) is 18.3 Å². The van der Waals surface area contributed by atoms with Gasteiger partial charge in [0.05, 0.1) is 11.3 Å². The highest BCUT2D eigenvalue weighted by Gasteiger charge is 2.08. The number of nitrogens with zero attached hydrogens (tertiary/aromatic N) is 2. The molecule has 0 atom stereocenters. The molecule has 0 unspecified atom stereocenters. The van der Waals surface area contributed by atoms with Gasteiger partial charge in [0, 0.05) is 11.6 Å². The van der Waals surface area contributed by atoms with Crippen molar-refractivity contribution in [2.45, 2.75) is 6.92 Å². The number of hydrogen-bond acceptors (Lipinski definition) is 5. The summed E-state index contributed by atoms with van der Waals surface area (Å²) in [6.07, 6.45) is 1.90. The Labute approximate surface area is 137 Å². The Hall–Kier alpha value is -3.48. The summed E-state index contributed by atoms with van der Waals surface area (Å²) < 4.78 is 5.49. The first-order chi connectivity index (χ1) is 11.5. The summed E-state index contributed by atoms with van der Waals surface area (Å²) in [7, 11) is 0. The molecule has 0 radical (unpaired) electrons. The van der Waals surface area contributed by atoms with Crippen molar-refractivity contribution in [1.29, 1.82) is 0 Å². The maximum atomic E-state index is 12.0. The quantitative estimate of drug-likeness (QED) is 0.437. The molecular formula is C17H14N4O3. The van der Waals surface area contributed by atoms with Crippen LogP contribution in [0.4, 0.5) is 5.69 Å². The highest BCUT2D eigenvalue weighted by atomic mass is 16.3. The highest BCUT2D eigenvalue weighted by Crippen LogP contribution is 2.24. The van der Waals surface area contributed by atoms with Crippen molar-refractivity contribution in [3.05, 3.63) is 59.6 Å². The number of aromatic nitrogens is 1. The second kappa shape index (κ2) is 6.33. The Morgan fingerprint density at radius 3 is 2.83 bits per heavy atom. The summed E-state index contributed by atoms with van der Waals surface area (Å²) in [6, 6.07) is 10.2. The number of nitrogens with one attached hydrogen (secondary N) is 1. The maximum absolute atomic E-state index is 12.0. The van der Waals surface area contributed by atoms with Crippen molar-refractivity contribution >= 4 is 34.8 Å². The summed E-state index contributed by atoms with van der Waals surface area (Å²) in [5.41, 5.74) is 7.64. The zero-order valence-corrected chi connectivity index (χ0v) is 12.8. The van der Waals surface area contributed by atoms with E-state index < -0.39 is 5.91 Å². The minimum atomic E-state index is -0.457. The second-order valence-electron chi connectivity index (χ2n) is 5.12. The summed E-state index contributed by atoms with van der Waals surface area (Å²) >= 11 is 0. The zero-order valence-electron chi connectivity index (χ0n) is 12.8. The number of aliphatic imine (C=N–C) groups is 1. The lowest BCUT2D eigenvalue weighted by atomic mass is 10.2. The number of rotatable bonds is 3. The van der Waals surface area contributed by atoms with Crippen LogP contribution < -0.4 is 11.1 Å². The van der Waals surface area contributed by atoms with Crippen LogP contribution in [0.2, 0.25) is 0 Å². The number of carbonyl (C=O) groups is 2. The van der Waals surface area contributed by atoms with Gasteiger partial charge in [-0.05, 0) is 43.3 Å². The summed E-state index contributed by atoms with van der Waals surface area (Å²) in [4.78, 5) is 30.6. The van der Waals surface area contributed by atoms with E-state index in [9.17, 15) is 9.59 Å². The van der Waals surface area contributed by atoms with E-state index in [0.29, 0.717) is 12.0 Å². The molecule has 3 rings (SSSR count). The van der Waals surface area contributed by atoms with Crippen molar-refractivity contribution < 1.29 is 14.0 Å². The summed E-state index contributed by atoms with van der Waals surface area (Å²) in [5.74, 6) is 0.305. The van der Waals surface area contributed by atoms with Crippen LogP contribution in [-0.2, 0) is 0 Å². The van der Waals surface area contributed by atoms with E-state index in [2.05, 4.69) is 15.3 Å². The minimum Gasteiger partial charge on any atom is -0.461 e. The van der Waals surface area contributed by atoms with Crippen LogP contribution in [0.15, 0.2) is 52.0 Å². The molecule has 0 aliphatic rings. The van der Waals surface area contributed by atoms with Crippen LogP contribution in [0.25, 0.3) is 11.0 Å². The molecule has 2 aromatic heterocycles. The Balaban J connectivity index is 1.76. The van der Waals surface area contributed by atoms with Crippen LogP contribution in [0.1, 0.15) is 26.6 Å². The molecule has 7 nitrogen and oxygen atoms in total. The molecule has 24 heavy (non-hydrogen) atoms. The van der Waals surface area contributed by atoms with Gasteiger partial charge in [-0.3, -0.25) is 19.9 Å². The molecule has 0 saturated heterocycles. The summed E-state index contributed by atoms with van der Waals surface area (Å²) in [5, 5.41) is 3.38. The molecule has 2 heterocycles. The molecule has 1 aromatic carbocycles. The van der Waals surface area contributed by atoms with E-state index in [0.717, 1.165) is 16.7 Å². The predicted octanol–water partition coefficient (Wildman–Crippen LogP) is 2.32. The standard InChI is InChI=1S/C17H14N4O3/c1-10-6-12-7-13(4-5-15(12)24-10)20-17(18)21-16(23)11-2-3-14(9-22)19-8-11/h2-9H,1H3,(H3,18,20,21,23). The molecule has 3 N–H and O–H groups in total. The molecule has 0 fully saturated rings. The van der Waals surface area contributed by atoms with E-state index in [-0.39, 0.29) is 17.2 Å². The van der Waals surface area contributed by atoms with E-state index in [1.807, 2.05) is 19.1 Å². The van der Waals surface area contributed by atoms with Crippen LogP contribution in [0, 0.1) is 6.92 Å². The lowest BCUT2D eigenvalue weighted by Crippen LogP contribution is -2.36. The average Bonchev–Trinajstić information content (AvgIpc) is 2.94. The first kappa shape index (κ1) is 15.4. The Kier molecular flexibility index (Phi) is 4.07. The highest BCUT2D eigenvalue weighted by molar-refractivity contribution is 6.05. The van der Waals surface area contributed by atoms with Gasteiger partial charge in [0.2, 0.25) is 5.96 Å². The number of fused-ring (bicyclic) bond motifs is 1. The van der Waals surface area contributed by atoms with Gasteiger partial charge in [0.25, 0.3) is 5.91 Å². The van der Waals surface area contributed by atoms with Crippen molar-refractivity contribution in [2.24, 2.45) is 10.7 Å². The minimum absolute atomic E-state index is 0.0426. The second-order valence-corrected chi connectivity index (χ2v) is 5.12. The van der Waals surface area contributed by atoms with Gasteiger partial charge in [0.15, 0.2) is 6.29 Å². The van der Waals surface area contributed by atoms with Crippen LogP contribution in [-0.4, -0.2) is 23.1 Å². The molecule has 0 saturated carbocycles. The number of carbonyl (C=O) groups excluding carboxylic acids is 2. The number of aldehydes is 1. The number of guanidine groups is 1. The molecule has 0 bridgehead atoms. The van der Waals surface area contributed by atoms with Gasteiger partial charge in [-0.1, -0.05) is 0 Å². The fourth-order valence-electron chi connectivity index (χ4n) is 2.20. The lowest BCUT2D eigenvalue weighted by molar-refractivity contribution is 0.0975. The third kappa shape index (κ3) is 3.30. The summed E-state index contributed by atoms with van der Waals surface area (Å²) in [6.45, 7) is 1.86. The third-order valence-electron chi connectivity index (χ3n) is 3.28. The number of nitrogens with two attached hydrogens (primary N) is 1. The molecule has 0 aliphatic carbocycles. The van der Waals surface area contributed by atoms with E-state index in [1.54, 1.807) is 12.1 Å². The van der Waals surface area contributed by atoms with Gasteiger partial charge >= 0.3 is 0 Å². The fraction of sp³-hybridized carbons (Fsp3) is 0.0588. The van der Waals surface area contributed by atoms with E-state index in [4.69, 9.17) is 10.2 Å². The largest absolute Gasteiger partial charge is 0.461 e. The smallest absolute Gasteiger partial charge is 0.259 e. The zero-order chi connectivity index (χ0) is 17.1. The van der Waals surface area contributed by atoms with E-state index >= 15 is 0 Å². The number of pyridine rings is 1.